The lowest BCUT2D eigenvalue weighted by atomic mass is 10.5. The average molecular weight is 209 g/mol. The van der Waals surface area contributed by atoms with Crippen LogP contribution in [0.5, 0.6) is 0 Å². The van der Waals surface area contributed by atoms with Crippen LogP contribution in [0.4, 0.5) is 5.69 Å². The lowest BCUT2D eigenvalue weighted by Crippen LogP contribution is -2.29. The van der Waals surface area contributed by atoms with E-state index >= 15 is 0 Å². The predicted octanol–water partition coefficient (Wildman–Crippen LogP) is -0.565. The highest BCUT2D eigenvalue weighted by Crippen LogP contribution is 2.02. The molecule has 15 heavy (non-hydrogen) atoms. The molecular weight excluding hydrogens is 194 g/mol. The van der Waals surface area contributed by atoms with Gasteiger partial charge in [-0.2, -0.15) is 0 Å². The number of anilines is 1. The second kappa shape index (κ2) is 3.72. The quantitative estimate of drug-likeness (QED) is 0.699. The molecule has 1 aliphatic rings. The van der Waals surface area contributed by atoms with Gasteiger partial charge in [0, 0.05) is 32.2 Å². The van der Waals surface area contributed by atoms with Gasteiger partial charge < -0.3 is 20.6 Å². The smallest absolute Gasteiger partial charge is 0.289 e. The maximum absolute atomic E-state index is 11.4. The number of aromatic amines is 1. The van der Waals surface area contributed by atoms with Gasteiger partial charge in [0.2, 0.25) is 0 Å². The standard InChI is InChI=1S/C9H15N5O/c1-12-2-3-13(7-12)4-5-14-9(15)8(10)6-11-14/h2-3,6,11H,4-5,7,10H2,1H3. The molecule has 0 spiro atoms. The predicted molar refractivity (Wildman–Crippen MR) is 57.9 cm³/mol. The zero-order valence-corrected chi connectivity index (χ0v) is 8.68. The Morgan fingerprint density at radius 3 is 2.80 bits per heavy atom. The first-order valence-electron chi connectivity index (χ1n) is 4.83. The molecule has 2 heterocycles. The van der Waals surface area contributed by atoms with E-state index in [4.69, 9.17) is 5.73 Å². The Labute approximate surface area is 87.6 Å². The summed E-state index contributed by atoms with van der Waals surface area (Å²) in [5, 5.41) is 2.82. The first-order valence-corrected chi connectivity index (χ1v) is 4.83. The Bertz CT molecular complexity index is 418. The van der Waals surface area contributed by atoms with Gasteiger partial charge in [-0.25, -0.2) is 4.68 Å². The van der Waals surface area contributed by atoms with Crippen molar-refractivity contribution in [3.63, 3.8) is 0 Å². The molecule has 82 valence electrons. The molecule has 6 heteroatoms. The van der Waals surface area contributed by atoms with Gasteiger partial charge >= 0.3 is 0 Å². The number of nitrogens with one attached hydrogen (secondary N) is 1. The Balaban J connectivity index is 1.91. The van der Waals surface area contributed by atoms with Gasteiger partial charge in [-0.3, -0.25) is 4.79 Å². The zero-order valence-electron chi connectivity index (χ0n) is 8.68. The van der Waals surface area contributed by atoms with Gasteiger partial charge in [0.1, 0.15) is 5.69 Å². The minimum Gasteiger partial charge on any atom is -0.393 e. The molecule has 0 saturated heterocycles. The minimum absolute atomic E-state index is 0.147. The van der Waals surface area contributed by atoms with Crippen molar-refractivity contribution in [2.75, 3.05) is 26.0 Å². The highest BCUT2D eigenvalue weighted by Gasteiger charge is 2.09. The summed E-state index contributed by atoms with van der Waals surface area (Å²) in [6.07, 6.45) is 5.54. The van der Waals surface area contributed by atoms with Gasteiger partial charge in [0.25, 0.3) is 5.56 Å². The number of nitrogen functional groups attached to an aromatic ring is 1. The summed E-state index contributed by atoms with van der Waals surface area (Å²) in [6.45, 7) is 2.28. The first-order chi connectivity index (χ1) is 7.16. The van der Waals surface area contributed by atoms with Crippen LogP contribution in [-0.2, 0) is 6.54 Å². The second-order valence-electron chi connectivity index (χ2n) is 3.69. The highest BCUT2D eigenvalue weighted by molar-refractivity contribution is 5.30. The number of H-pyrrole nitrogens is 1. The number of aromatic nitrogens is 2. The lowest BCUT2D eigenvalue weighted by molar-refractivity contribution is 0.282. The normalized spacial score (nSPS) is 15.3. The van der Waals surface area contributed by atoms with Crippen LogP contribution in [0.3, 0.4) is 0 Å². The summed E-state index contributed by atoms with van der Waals surface area (Å²) in [6, 6.07) is 0. The number of nitrogens with two attached hydrogens (primary N) is 1. The topological polar surface area (TPSA) is 70.3 Å². The molecule has 0 amide bonds. The molecule has 3 N–H and O–H groups in total. The summed E-state index contributed by atoms with van der Waals surface area (Å²) in [5.74, 6) is 0. The summed E-state index contributed by atoms with van der Waals surface area (Å²) < 4.78 is 1.52. The summed E-state index contributed by atoms with van der Waals surface area (Å²) in [4.78, 5) is 15.6. The molecule has 2 rings (SSSR count). The molecule has 0 saturated carbocycles. The van der Waals surface area contributed by atoms with Crippen molar-refractivity contribution in [2.45, 2.75) is 6.54 Å². The van der Waals surface area contributed by atoms with Crippen molar-refractivity contribution in [3.05, 3.63) is 29.0 Å². The van der Waals surface area contributed by atoms with E-state index < -0.39 is 0 Å². The van der Waals surface area contributed by atoms with Crippen LogP contribution in [0.2, 0.25) is 0 Å². The van der Waals surface area contributed by atoms with Crippen molar-refractivity contribution in [3.8, 4) is 0 Å². The van der Waals surface area contributed by atoms with Crippen molar-refractivity contribution in [1.29, 1.82) is 0 Å². The monoisotopic (exact) mass is 209 g/mol. The largest absolute Gasteiger partial charge is 0.393 e. The molecule has 0 fully saturated rings. The van der Waals surface area contributed by atoms with Crippen LogP contribution < -0.4 is 11.3 Å². The van der Waals surface area contributed by atoms with E-state index in [2.05, 4.69) is 14.9 Å². The number of hydrogen-bond donors (Lipinski definition) is 2. The van der Waals surface area contributed by atoms with E-state index in [1.54, 1.807) is 0 Å². The van der Waals surface area contributed by atoms with Gasteiger partial charge in [0.15, 0.2) is 0 Å². The number of rotatable bonds is 3. The maximum Gasteiger partial charge on any atom is 0.289 e. The van der Waals surface area contributed by atoms with Crippen LogP contribution in [-0.4, -0.2) is 39.8 Å². The third kappa shape index (κ3) is 1.98. The molecule has 0 radical (unpaired) electrons. The number of nitrogens with zero attached hydrogens (tertiary/aromatic N) is 3. The van der Waals surface area contributed by atoms with E-state index in [-0.39, 0.29) is 11.2 Å². The molecule has 0 unspecified atom stereocenters. The van der Waals surface area contributed by atoms with Crippen LogP contribution >= 0.6 is 0 Å². The van der Waals surface area contributed by atoms with Crippen LogP contribution in [0.25, 0.3) is 0 Å². The van der Waals surface area contributed by atoms with Crippen molar-refractivity contribution in [2.24, 2.45) is 0 Å². The van der Waals surface area contributed by atoms with Crippen LogP contribution in [0.15, 0.2) is 23.4 Å². The van der Waals surface area contributed by atoms with Gasteiger partial charge in [-0.1, -0.05) is 0 Å². The second-order valence-corrected chi connectivity index (χ2v) is 3.69. The van der Waals surface area contributed by atoms with Crippen molar-refractivity contribution in [1.82, 2.24) is 19.6 Å². The van der Waals surface area contributed by atoms with E-state index in [0.717, 1.165) is 13.2 Å². The Hall–Kier alpha value is -1.85. The number of hydrogen-bond acceptors (Lipinski definition) is 4. The molecule has 0 atom stereocenters. The first kappa shape index (κ1) is 9.70. The molecule has 0 aliphatic carbocycles. The molecule has 0 bridgehead atoms. The fourth-order valence-electron chi connectivity index (χ4n) is 1.55. The zero-order chi connectivity index (χ0) is 10.8. The molecule has 1 aliphatic heterocycles. The molecular formula is C9H15N5O. The highest BCUT2D eigenvalue weighted by atomic mass is 16.1. The van der Waals surface area contributed by atoms with E-state index in [1.165, 1.54) is 10.9 Å². The average Bonchev–Trinajstić information content (AvgIpc) is 2.74. The fraction of sp³-hybridized carbons (Fsp3) is 0.444. The van der Waals surface area contributed by atoms with E-state index in [1.807, 2.05) is 19.4 Å². The maximum atomic E-state index is 11.4. The summed E-state index contributed by atoms with van der Waals surface area (Å²) in [5.41, 5.74) is 5.57. The lowest BCUT2D eigenvalue weighted by Gasteiger charge is -2.17. The Morgan fingerprint density at radius 2 is 2.27 bits per heavy atom. The van der Waals surface area contributed by atoms with Gasteiger partial charge in [-0.05, 0) is 0 Å². The Morgan fingerprint density at radius 1 is 1.47 bits per heavy atom. The molecule has 0 aromatic carbocycles. The van der Waals surface area contributed by atoms with Crippen molar-refractivity contribution < 1.29 is 0 Å². The van der Waals surface area contributed by atoms with Crippen molar-refractivity contribution >= 4 is 5.69 Å². The van der Waals surface area contributed by atoms with Gasteiger partial charge in [0.05, 0.1) is 13.2 Å². The third-order valence-electron chi connectivity index (χ3n) is 2.42. The van der Waals surface area contributed by atoms with E-state index in [9.17, 15) is 4.79 Å². The minimum atomic E-state index is -0.147. The summed E-state index contributed by atoms with van der Waals surface area (Å²) >= 11 is 0. The molecule has 6 nitrogen and oxygen atoms in total. The Kier molecular flexibility index (Phi) is 2.40. The van der Waals surface area contributed by atoms with Crippen LogP contribution in [0.1, 0.15) is 0 Å². The SMILES string of the molecule is CN1C=CN(CCn2[nH]cc(N)c2=O)C1. The van der Waals surface area contributed by atoms with Gasteiger partial charge in [-0.15, -0.1) is 0 Å². The fourth-order valence-corrected chi connectivity index (χ4v) is 1.55. The molecule has 1 aromatic rings. The summed E-state index contributed by atoms with van der Waals surface area (Å²) in [7, 11) is 2.01. The third-order valence-corrected chi connectivity index (χ3v) is 2.42. The van der Waals surface area contributed by atoms with Crippen LogP contribution in [0, 0.1) is 0 Å². The molecule has 1 aromatic heterocycles. The van der Waals surface area contributed by atoms with E-state index in [0.29, 0.717) is 6.54 Å².